The zero-order chi connectivity index (χ0) is 10.7. The van der Waals surface area contributed by atoms with E-state index in [1.807, 2.05) is 0 Å². The molecule has 0 unspecified atom stereocenters. The Morgan fingerprint density at radius 1 is 1.33 bits per heavy atom. The van der Waals surface area contributed by atoms with E-state index in [4.69, 9.17) is 0 Å². The Labute approximate surface area is 84.7 Å². The van der Waals surface area contributed by atoms with Crippen LogP contribution in [0.1, 0.15) is 10.4 Å². The molecule has 0 atom stereocenters. The van der Waals surface area contributed by atoms with E-state index in [1.165, 1.54) is 18.5 Å². The smallest absolute Gasteiger partial charge is 0.284 e. The third-order valence-electron chi connectivity index (χ3n) is 1.71. The topological polar surface area (TPSA) is 86.7 Å². The average Bonchev–Trinajstić information content (AvgIpc) is 2.71. The van der Waals surface area contributed by atoms with Gasteiger partial charge in [0.15, 0.2) is 0 Å². The molecule has 2 rings (SSSR count). The number of para-hydroxylation sites is 1. The molecule has 0 spiro atoms. The van der Waals surface area contributed by atoms with Crippen LogP contribution in [0.3, 0.4) is 0 Å². The summed E-state index contributed by atoms with van der Waals surface area (Å²) in [6.07, 6.45) is 1.19. The van der Waals surface area contributed by atoms with Crippen LogP contribution < -0.4 is 0 Å². The zero-order valence-electron chi connectivity index (χ0n) is 7.53. The largest absolute Gasteiger partial charge is 0.507 e. The lowest BCUT2D eigenvalue weighted by atomic mass is 10.2. The number of aromatic hydroxyl groups is 1. The van der Waals surface area contributed by atoms with E-state index < -0.39 is 5.91 Å². The molecule has 0 aromatic heterocycles. The van der Waals surface area contributed by atoms with Crippen LogP contribution in [0.15, 0.2) is 44.5 Å². The number of hydrogen-bond donors (Lipinski definition) is 1. The molecule has 74 valence electrons. The molecule has 1 aromatic carbocycles. The molecule has 6 nitrogen and oxygen atoms in total. The van der Waals surface area contributed by atoms with Crippen LogP contribution in [0.2, 0.25) is 0 Å². The van der Waals surface area contributed by atoms with Crippen molar-refractivity contribution in [3.63, 3.8) is 0 Å². The Hall–Kier alpha value is -2.37. The van der Waals surface area contributed by atoms with Crippen LogP contribution in [0, 0.1) is 0 Å². The second-order valence-electron chi connectivity index (χ2n) is 2.69. The maximum absolute atomic E-state index is 11.5. The number of rotatable bonds is 1. The number of phenolic OH excluding ortho intramolecular Hbond substituents is 1. The number of amides is 1. The Balaban J connectivity index is 2.29. The van der Waals surface area contributed by atoms with E-state index in [9.17, 15) is 9.90 Å². The van der Waals surface area contributed by atoms with Crippen LogP contribution in [0.5, 0.6) is 5.75 Å². The van der Waals surface area contributed by atoms with Gasteiger partial charge in [-0.2, -0.15) is 9.98 Å². The molecule has 1 aromatic rings. The molecule has 0 saturated carbocycles. The van der Waals surface area contributed by atoms with Gasteiger partial charge in [0.05, 0.1) is 5.56 Å². The van der Waals surface area contributed by atoms with Crippen LogP contribution in [-0.4, -0.2) is 23.3 Å². The van der Waals surface area contributed by atoms with E-state index in [1.54, 1.807) is 12.1 Å². The molecule has 0 saturated heterocycles. The van der Waals surface area contributed by atoms with Crippen molar-refractivity contribution in [1.82, 2.24) is 0 Å². The van der Waals surface area contributed by atoms with E-state index >= 15 is 0 Å². The van der Waals surface area contributed by atoms with Crippen molar-refractivity contribution in [3.05, 3.63) is 29.8 Å². The molecule has 1 aliphatic rings. The molecular formula is C9H6N4O2. The first-order valence-electron chi connectivity index (χ1n) is 4.12. The number of guanidine groups is 1. The van der Waals surface area contributed by atoms with E-state index in [2.05, 4.69) is 20.2 Å². The number of phenols is 1. The van der Waals surface area contributed by atoms with Gasteiger partial charge in [0.2, 0.25) is 0 Å². The number of nitrogens with zero attached hydrogens (tertiary/aromatic N) is 4. The fraction of sp³-hybridized carbons (Fsp3) is 0. The first-order valence-corrected chi connectivity index (χ1v) is 4.12. The van der Waals surface area contributed by atoms with Gasteiger partial charge in [-0.25, -0.2) is 0 Å². The quantitative estimate of drug-likeness (QED) is 0.745. The summed E-state index contributed by atoms with van der Waals surface area (Å²) in [5, 5.41) is 16.3. The minimum Gasteiger partial charge on any atom is -0.507 e. The van der Waals surface area contributed by atoms with Crippen LogP contribution >= 0.6 is 0 Å². The predicted octanol–water partition coefficient (Wildman–Crippen LogP) is 1.38. The lowest BCUT2D eigenvalue weighted by Gasteiger charge is -1.97. The highest BCUT2D eigenvalue weighted by Gasteiger charge is 2.11. The molecule has 15 heavy (non-hydrogen) atoms. The summed E-state index contributed by atoms with van der Waals surface area (Å²) < 4.78 is 0. The molecule has 0 fully saturated rings. The number of azo groups is 1. The van der Waals surface area contributed by atoms with Crippen molar-refractivity contribution >= 4 is 18.2 Å². The van der Waals surface area contributed by atoms with Crippen LogP contribution in [0.4, 0.5) is 0 Å². The highest BCUT2D eigenvalue weighted by atomic mass is 16.3. The standard InChI is InChI=1S/C9H6N4O2/c14-7-4-2-1-3-6(7)8(15)12-9-10-5-11-13-9/h1-5,14H. The average molecular weight is 202 g/mol. The number of hydrogen-bond acceptors (Lipinski definition) is 3. The number of aliphatic imine (C=N–C) groups is 2. The second-order valence-corrected chi connectivity index (χ2v) is 2.69. The van der Waals surface area contributed by atoms with E-state index in [0.717, 1.165) is 0 Å². The van der Waals surface area contributed by atoms with Crippen LogP contribution in [-0.2, 0) is 0 Å². The first kappa shape index (κ1) is 9.20. The number of carbonyl (C=O) groups excluding carboxylic acids is 1. The molecule has 0 aliphatic carbocycles. The molecular weight excluding hydrogens is 196 g/mol. The van der Waals surface area contributed by atoms with E-state index in [-0.39, 0.29) is 17.3 Å². The summed E-state index contributed by atoms with van der Waals surface area (Å²) >= 11 is 0. The highest BCUT2D eigenvalue weighted by Crippen LogP contribution is 2.16. The molecule has 1 N–H and O–H groups in total. The van der Waals surface area contributed by atoms with Gasteiger partial charge in [0.1, 0.15) is 12.1 Å². The summed E-state index contributed by atoms with van der Waals surface area (Å²) in [5.41, 5.74) is 0.113. The lowest BCUT2D eigenvalue weighted by molar-refractivity contribution is 0.1000. The highest BCUT2D eigenvalue weighted by molar-refractivity contribution is 6.06. The summed E-state index contributed by atoms with van der Waals surface area (Å²) in [6, 6.07) is 6.13. The number of carbonyl (C=O) groups is 1. The summed E-state index contributed by atoms with van der Waals surface area (Å²) in [6.45, 7) is 0. The van der Waals surface area contributed by atoms with Gasteiger partial charge < -0.3 is 5.11 Å². The van der Waals surface area contributed by atoms with E-state index in [0.29, 0.717) is 0 Å². The Morgan fingerprint density at radius 3 is 2.80 bits per heavy atom. The second kappa shape index (κ2) is 3.79. The van der Waals surface area contributed by atoms with Crippen molar-refractivity contribution in [2.24, 2.45) is 20.2 Å². The SMILES string of the molecule is O=C(N=C1N=CN=N1)c1ccccc1O. The zero-order valence-corrected chi connectivity index (χ0v) is 7.53. The van der Waals surface area contributed by atoms with Crippen molar-refractivity contribution < 1.29 is 9.90 Å². The first-order chi connectivity index (χ1) is 7.27. The van der Waals surface area contributed by atoms with Crippen molar-refractivity contribution in [2.45, 2.75) is 0 Å². The summed E-state index contributed by atoms with van der Waals surface area (Å²) in [5.74, 6) is -0.727. The molecule has 1 aliphatic heterocycles. The monoisotopic (exact) mass is 202 g/mol. The van der Waals surface area contributed by atoms with Crippen molar-refractivity contribution in [1.29, 1.82) is 0 Å². The third kappa shape index (κ3) is 1.93. The summed E-state index contributed by atoms with van der Waals surface area (Å²) in [4.78, 5) is 18.7. The number of benzene rings is 1. The predicted molar refractivity (Wildman–Crippen MR) is 53.2 cm³/mol. The lowest BCUT2D eigenvalue weighted by Crippen LogP contribution is -1.98. The van der Waals surface area contributed by atoms with Gasteiger partial charge in [-0.1, -0.05) is 12.1 Å². The van der Waals surface area contributed by atoms with Crippen molar-refractivity contribution in [3.8, 4) is 5.75 Å². The van der Waals surface area contributed by atoms with Gasteiger partial charge in [-0.15, -0.1) is 10.2 Å². The molecule has 6 heteroatoms. The molecule has 1 amide bonds. The van der Waals surface area contributed by atoms with Crippen LogP contribution in [0.25, 0.3) is 0 Å². The maximum atomic E-state index is 11.5. The Morgan fingerprint density at radius 2 is 2.13 bits per heavy atom. The van der Waals surface area contributed by atoms with Gasteiger partial charge >= 0.3 is 0 Å². The van der Waals surface area contributed by atoms with Gasteiger partial charge in [0.25, 0.3) is 11.9 Å². The molecule has 0 radical (unpaired) electrons. The summed E-state index contributed by atoms with van der Waals surface area (Å²) in [7, 11) is 0. The molecule has 0 bridgehead atoms. The Bertz CT molecular complexity index is 477. The third-order valence-corrected chi connectivity index (χ3v) is 1.71. The minimum absolute atomic E-state index is 0.0109. The fourth-order valence-electron chi connectivity index (χ4n) is 1.04. The van der Waals surface area contributed by atoms with Gasteiger partial charge in [-0.3, -0.25) is 4.79 Å². The van der Waals surface area contributed by atoms with Gasteiger partial charge in [0, 0.05) is 0 Å². The minimum atomic E-state index is -0.596. The molecule has 1 heterocycles. The van der Waals surface area contributed by atoms with Gasteiger partial charge in [-0.05, 0) is 12.1 Å². The fourth-order valence-corrected chi connectivity index (χ4v) is 1.04. The normalized spacial score (nSPS) is 16.1. The Kier molecular flexibility index (Phi) is 2.32. The maximum Gasteiger partial charge on any atom is 0.284 e. The van der Waals surface area contributed by atoms with Crippen molar-refractivity contribution in [2.75, 3.05) is 0 Å².